The zero-order chi connectivity index (χ0) is 27.0. The van der Waals surface area contributed by atoms with Crippen LogP contribution in [0.5, 0.6) is 0 Å². The number of carbonyl (C=O) groups is 3. The quantitative estimate of drug-likeness (QED) is 0.237. The van der Waals surface area contributed by atoms with E-state index in [4.69, 9.17) is 9.84 Å². The number of carbonyl (C=O) groups excluding carboxylic acids is 3. The minimum atomic E-state index is -0.701. The van der Waals surface area contributed by atoms with Crippen molar-refractivity contribution in [3.63, 3.8) is 0 Å². The maximum absolute atomic E-state index is 13.2. The van der Waals surface area contributed by atoms with Gasteiger partial charge in [0.25, 0.3) is 0 Å². The molecule has 0 spiro atoms. The first-order chi connectivity index (χ1) is 17.9. The molecule has 0 aliphatic rings. The van der Waals surface area contributed by atoms with E-state index >= 15 is 0 Å². The number of aliphatic hydroxyl groups is 1. The first-order valence-electron chi connectivity index (χ1n) is 12.6. The van der Waals surface area contributed by atoms with Gasteiger partial charge in [-0.1, -0.05) is 72.8 Å². The van der Waals surface area contributed by atoms with Crippen LogP contribution in [0, 0.1) is 11.8 Å². The third-order valence-electron chi connectivity index (χ3n) is 5.94. The topological polar surface area (TPSA) is 105 Å². The highest BCUT2D eigenvalue weighted by molar-refractivity contribution is 5.86. The Bertz CT molecular complexity index is 1010. The van der Waals surface area contributed by atoms with Gasteiger partial charge in [-0.2, -0.15) is 0 Å². The molecule has 0 bridgehead atoms. The highest BCUT2D eigenvalue weighted by Gasteiger charge is 2.26. The van der Waals surface area contributed by atoms with Crippen LogP contribution < -0.4 is 10.6 Å². The lowest BCUT2D eigenvalue weighted by Gasteiger charge is -2.23. The van der Waals surface area contributed by atoms with E-state index in [0.29, 0.717) is 19.3 Å². The van der Waals surface area contributed by atoms with Crippen molar-refractivity contribution in [2.24, 2.45) is 11.8 Å². The Kier molecular flexibility index (Phi) is 12.9. The zero-order valence-corrected chi connectivity index (χ0v) is 21.5. The van der Waals surface area contributed by atoms with Crippen LogP contribution in [0.15, 0.2) is 86.0 Å². The molecule has 0 heterocycles. The zero-order valence-electron chi connectivity index (χ0n) is 21.5. The fraction of sp³-hybridized carbons (Fsp3) is 0.367. The molecule has 198 valence electrons. The van der Waals surface area contributed by atoms with Crippen molar-refractivity contribution in [2.45, 2.75) is 44.8 Å². The number of rotatable bonds is 16. The summed E-state index contributed by atoms with van der Waals surface area (Å²) >= 11 is 0. The number of hydrogen-bond donors (Lipinski definition) is 3. The number of benzene rings is 2. The summed E-state index contributed by atoms with van der Waals surface area (Å²) in [5, 5.41) is 14.7. The fourth-order valence-electron chi connectivity index (χ4n) is 3.92. The molecular weight excluding hydrogens is 468 g/mol. The van der Waals surface area contributed by atoms with Gasteiger partial charge in [-0.3, -0.25) is 14.4 Å². The summed E-state index contributed by atoms with van der Waals surface area (Å²) in [5.41, 5.74) is 1.78. The fourth-order valence-corrected chi connectivity index (χ4v) is 3.92. The average Bonchev–Trinajstić information content (AvgIpc) is 2.91. The Morgan fingerprint density at radius 2 is 1.54 bits per heavy atom. The van der Waals surface area contributed by atoms with Gasteiger partial charge in [-0.15, -0.1) is 13.2 Å². The normalized spacial score (nSPS) is 13.9. The average molecular weight is 507 g/mol. The van der Waals surface area contributed by atoms with Gasteiger partial charge in [0.1, 0.15) is 6.10 Å². The van der Waals surface area contributed by atoms with E-state index in [1.165, 1.54) is 0 Å². The van der Waals surface area contributed by atoms with E-state index in [1.54, 1.807) is 19.1 Å². The molecule has 0 fully saturated rings. The van der Waals surface area contributed by atoms with Crippen molar-refractivity contribution < 1.29 is 24.2 Å². The summed E-state index contributed by atoms with van der Waals surface area (Å²) in [7, 11) is 0. The van der Waals surface area contributed by atoms with E-state index in [2.05, 4.69) is 23.8 Å². The highest BCUT2D eigenvalue weighted by atomic mass is 16.5. The summed E-state index contributed by atoms with van der Waals surface area (Å²) in [6.45, 7) is 9.02. The Morgan fingerprint density at radius 1 is 0.946 bits per heavy atom. The van der Waals surface area contributed by atoms with Crippen molar-refractivity contribution in [1.82, 2.24) is 10.6 Å². The summed E-state index contributed by atoms with van der Waals surface area (Å²) in [5.74, 6) is -2.08. The minimum absolute atomic E-state index is 0.0452. The molecule has 0 aromatic heterocycles. The van der Waals surface area contributed by atoms with Crippen LogP contribution >= 0.6 is 0 Å². The van der Waals surface area contributed by atoms with Gasteiger partial charge in [-0.25, -0.2) is 0 Å². The molecule has 2 aromatic rings. The molecule has 2 aromatic carbocycles. The summed E-state index contributed by atoms with van der Waals surface area (Å²) in [4.78, 5) is 38.5. The molecule has 0 saturated heterocycles. The van der Waals surface area contributed by atoms with Gasteiger partial charge in [0, 0.05) is 12.5 Å². The third-order valence-corrected chi connectivity index (χ3v) is 5.94. The predicted molar refractivity (Wildman–Crippen MR) is 144 cm³/mol. The maximum atomic E-state index is 13.2. The van der Waals surface area contributed by atoms with Crippen LogP contribution in [0.1, 0.15) is 43.4 Å². The first-order valence-corrected chi connectivity index (χ1v) is 12.6. The number of ether oxygens (including phenoxy) is 1. The minimum Gasteiger partial charge on any atom is -0.455 e. The van der Waals surface area contributed by atoms with E-state index < -0.39 is 24.0 Å². The van der Waals surface area contributed by atoms with Crippen LogP contribution in [0.3, 0.4) is 0 Å². The van der Waals surface area contributed by atoms with E-state index in [1.807, 2.05) is 60.7 Å². The molecule has 0 aliphatic heterocycles. The Balaban J connectivity index is 2.11. The molecule has 0 radical (unpaired) electrons. The van der Waals surface area contributed by atoms with E-state index in [9.17, 15) is 14.4 Å². The van der Waals surface area contributed by atoms with Crippen LogP contribution in [0.2, 0.25) is 0 Å². The van der Waals surface area contributed by atoms with Crippen molar-refractivity contribution in [3.05, 3.63) is 97.1 Å². The standard InChI is InChI=1S/C30H38N2O5/c1-4-12-25(19-28(34)32-22(3)21-33)29(35)31-20-27(24-16-10-7-11-17-24)37-30(36)26(13-5-2)18-23-14-8-6-9-15-23/h4-11,14-17,22,25-27,33H,1-2,12-13,18-21H2,3H3,(H,31,35)(H,32,34)/t22-,25+,26+,27-/m0/s1. The number of esters is 1. The van der Waals surface area contributed by atoms with Crippen LogP contribution in [-0.2, 0) is 25.5 Å². The van der Waals surface area contributed by atoms with Gasteiger partial charge in [-0.05, 0) is 37.3 Å². The second-order valence-electron chi connectivity index (χ2n) is 9.07. The van der Waals surface area contributed by atoms with Crippen LogP contribution in [-0.4, -0.2) is 42.1 Å². The largest absolute Gasteiger partial charge is 0.455 e. The number of allylic oxidation sites excluding steroid dienone is 2. The molecule has 7 heteroatoms. The molecular formula is C30H38N2O5. The van der Waals surface area contributed by atoms with Gasteiger partial charge in [0.05, 0.1) is 25.0 Å². The smallest absolute Gasteiger partial charge is 0.310 e. The summed E-state index contributed by atoms with van der Waals surface area (Å²) in [6, 6.07) is 18.6. The predicted octanol–water partition coefficient (Wildman–Crippen LogP) is 3.90. The van der Waals surface area contributed by atoms with Crippen molar-refractivity contribution >= 4 is 17.8 Å². The van der Waals surface area contributed by atoms with Gasteiger partial charge < -0.3 is 20.5 Å². The van der Waals surface area contributed by atoms with Gasteiger partial charge in [0.15, 0.2) is 0 Å². The maximum Gasteiger partial charge on any atom is 0.310 e. The number of aliphatic hydroxyl groups excluding tert-OH is 1. The molecule has 37 heavy (non-hydrogen) atoms. The Morgan fingerprint density at radius 3 is 2.14 bits per heavy atom. The monoisotopic (exact) mass is 506 g/mol. The van der Waals surface area contributed by atoms with Crippen molar-refractivity contribution in [2.75, 3.05) is 13.2 Å². The van der Waals surface area contributed by atoms with E-state index in [0.717, 1.165) is 11.1 Å². The summed E-state index contributed by atoms with van der Waals surface area (Å²) in [6.07, 6.45) is 3.83. The van der Waals surface area contributed by atoms with Crippen LogP contribution in [0.4, 0.5) is 0 Å². The van der Waals surface area contributed by atoms with Gasteiger partial charge >= 0.3 is 5.97 Å². The second kappa shape index (κ2) is 16.1. The van der Waals surface area contributed by atoms with Gasteiger partial charge in [0.2, 0.25) is 11.8 Å². The third kappa shape index (κ3) is 10.4. The molecule has 2 amide bonds. The van der Waals surface area contributed by atoms with Crippen LogP contribution in [0.25, 0.3) is 0 Å². The first kappa shape index (κ1) is 29.5. The molecule has 7 nitrogen and oxygen atoms in total. The van der Waals surface area contributed by atoms with E-state index in [-0.39, 0.29) is 37.4 Å². The molecule has 2 rings (SSSR count). The molecule has 3 N–H and O–H groups in total. The molecule has 0 unspecified atom stereocenters. The SMILES string of the molecule is C=CC[C@H](CC(=O)N[C@@H](C)CO)C(=O)NC[C@H](OC(=O)[C@H](CC=C)Cc1ccccc1)c1ccccc1. The number of amides is 2. The number of hydrogen-bond acceptors (Lipinski definition) is 5. The molecule has 0 saturated carbocycles. The lowest BCUT2D eigenvalue weighted by molar-refractivity contribution is -0.154. The highest BCUT2D eigenvalue weighted by Crippen LogP contribution is 2.22. The lowest BCUT2D eigenvalue weighted by Crippen LogP contribution is -2.40. The van der Waals surface area contributed by atoms with Crippen molar-refractivity contribution in [1.29, 1.82) is 0 Å². The molecule has 0 aliphatic carbocycles. The summed E-state index contributed by atoms with van der Waals surface area (Å²) < 4.78 is 5.93. The van der Waals surface area contributed by atoms with Crippen molar-refractivity contribution in [3.8, 4) is 0 Å². The Labute approximate surface area is 219 Å². The molecule has 4 atom stereocenters. The lowest BCUT2D eigenvalue weighted by atomic mass is 9.96. The Hall–Kier alpha value is -3.71. The second-order valence-corrected chi connectivity index (χ2v) is 9.07. The number of nitrogens with one attached hydrogen (secondary N) is 2.